The molecule has 4 nitrogen and oxygen atoms in total. The Bertz CT molecular complexity index is 771. The van der Waals surface area contributed by atoms with E-state index in [0.717, 1.165) is 0 Å². The van der Waals surface area contributed by atoms with E-state index in [1.54, 1.807) is 0 Å². The lowest BCUT2D eigenvalue weighted by Gasteiger charge is -2.05. The van der Waals surface area contributed by atoms with Crippen LogP contribution < -0.4 is 10.1 Å². The van der Waals surface area contributed by atoms with E-state index in [9.17, 15) is 8.78 Å². The molecule has 102 valence electrons. The van der Waals surface area contributed by atoms with Crippen LogP contribution in [0.4, 0.5) is 20.5 Å². The highest BCUT2D eigenvalue weighted by Gasteiger charge is 2.09. The van der Waals surface area contributed by atoms with Crippen molar-refractivity contribution in [3.05, 3.63) is 48.0 Å². The average molecular weight is 276 g/mol. The molecule has 0 spiro atoms. The first kappa shape index (κ1) is 12.4. The minimum absolute atomic E-state index is 0.108. The van der Waals surface area contributed by atoms with Gasteiger partial charge in [-0.1, -0.05) is 0 Å². The van der Waals surface area contributed by atoms with Crippen LogP contribution in [0.3, 0.4) is 0 Å². The van der Waals surface area contributed by atoms with Crippen LogP contribution in [-0.2, 0) is 0 Å². The monoisotopic (exact) mass is 276 g/mol. The van der Waals surface area contributed by atoms with Gasteiger partial charge in [-0.2, -0.15) is 4.98 Å². The number of hydrogen-bond donors (Lipinski definition) is 1. The maximum absolute atomic E-state index is 13.3. The molecule has 3 rings (SSSR count). The second-order valence-corrected chi connectivity index (χ2v) is 4.11. The Morgan fingerprint density at radius 2 is 2.00 bits per heavy atom. The zero-order chi connectivity index (χ0) is 14.1. The van der Waals surface area contributed by atoms with Crippen molar-refractivity contribution in [3.8, 4) is 5.75 Å². The summed E-state index contributed by atoms with van der Waals surface area (Å²) in [5, 5.41) is 2.87. The van der Waals surface area contributed by atoms with Crippen LogP contribution in [0.2, 0.25) is 0 Å². The fraction of sp³-hybridized carbons (Fsp3) is 0.0714. The predicted octanol–water partition coefficient (Wildman–Crippen LogP) is 3.86. The summed E-state index contributed by atoms with van der Waals surface area (Å²) < 4.78 is 36.6. The maximum Gasteiger partial charge on any atom is 0.300 e. The highest BCUT2D eigenvalue weighted by atomic mass is 19.1. The Hall–Kier alpha value is -2.63. The van der Waals surface area contributed by atoms with E-state index in [1.807, 2.05) is 0 Å². The van der Waals surface area contributed by atoms with Crippen molar-refractivity contribution in [2.24, 2.45) is 0 Å². The molecule has 0 saturated carbocycles. The van der Waals surface area contributed by atoms with Crippen LogP contribution in [0.5, 0.6) is 5.75 Å². The summed E-state index contributed by atoms with van der Waals surface area (Å²) in [7, 11) is 1.38. The lowest BCUT2D eigenvalue weighted by Crippen LogP contribution is -1.93. The highest BCUT2D eigenvalue weighted by Crippen LogP contribution is 2.26. The van der Waals surface area contributed by atoms with Crippen molar-refractivity contribution in [2.75, 3.05) is 12.4 Å². The molecule has 0 aliphatic heterocycles. The second-order valence-electron chi connectivity index (χ2n) is 4.11. The summed E-state index contributed by atoms with van der Waals surface area (Å²) in [6.07, 6.45) is 0. The Kier molecular flexibility index (Phi) is 2.98. The first-order valence-electron chi connectivity index (χ1n) is 5.82. The van der Waals surface area contributed by atoms with E-state index in [-0.39, 0.29) is 17.6 Å². The van der Waals surface area contributed by atoms with Gasteiger partial charge in [0.15, 0.2) is 17.1 Å². The number of anilines is 2. The van der Waals surface area contributed by atoms with Gasteiger partial charge in [-0.3, -0.25) is 0 Å². The molecular weight excluding hydrogens is 266 g/mol. The van der Waals surface area contributed by atoms with Gasteiger partial charge in [0, 0.05) is 17.8 Å². The fourth-order valence-corrected chi connectivity index (χ4v) is 1.82. The molecule has 3 aromatic rings. The summed E-state index contributed by atoms with van der Waals surface area (Å²) in [5.41, 5.74) is 1.42. The van der Waals surface area contributed by atoms with Gasteiger partial charge in [0.05, 0.1) is 7.11 Å². The minimum Gasteiger partial charge on any atom is -0.494 e. The Morgan fingerprint density at radius 3 is 2.80 bits per heavy atom. The van der Waals surface area contributed by atoms with Crippen molar-refractivity contribution in [1.82, 2.24) is 4.98 Å². The number of nitrogens with zero attached hydrogens (tertiary/aromatic N) is 1. The summed E-state index contributed by atoms with van der Waals surface area (Å²) >= 11 is 0. The van der Waals surface area contributed by atoms with Crippen LogP contribution in [0.25, 0.3) is 11.1 Å². The van der Waals surface area contributed by atoms with E-state index in [0.29, 0.717) is 16.8 Å². The lowest BCUT2D eigenvalue weighted by molar-refractivity contribution is 0.387. The van der Waals surface area contributed by atoms with Crippen LogP contribution in [0.1, 0.15) is 0 Å². The van der Waals surface area contributed by atoms with E-state index < -0.39 is 5.82 Å². The molecule has 20 heavy (non-hydrogen) atoms. The predicted molar refractivity (Wildman–Crippen MR) is 70.2 cm³/mol. The van der Waals surface area contributed by atoms with Crippen LogP contribution in [0.15, 0.2) is 40.8 Å². The number of hydrogen-bond acceptors (Lipinski definition) is 4. The average Bonchev–Trinajstić information content (AvgIpc) is 2.82. The molecule has 0 aliphatic rings. The second kappa shape index (κ2) is 4.80. The number of oxazole rings is 1. The number of aromatic nitrogens is 1. The van der Waals surface area contributed by atoms with Crippen molar-refractivity contribution in [2.45, 2.75) is 0 Å². The molecule has 0 amide bonds. The van der Waals surface area contributed by atoms with Crippen molar-refractivity contribution < 1.29 is 17.9 Å². The Morgan fingerprint density at radius 1 is 1.15 bits per heavy atom. The van der Waals surface area contributed by atoms with Gasteiger partial charge in [0.2, 0.25) is 0 Å². The van der Waals surface area contributed by atoms with E-state index >= 15 is 0 Å². The molecule has 1 heterocycles. The van der Waals surface area contributed by atoms with Crippen molar-refractivity contribution in [1.29, 1.82) is 0 Å². The molecule has 6 heteroatoms. The number of nitrogens with one attached hydrogen (secondary N) is 1. The quantitative estimate of drug-likeness (QED) is 0.789. The van der Waals surface area contributed by atoms with Gasteiger partial charge in [0.25, 0.3) is 6.01 Å². The smallest absolute Gasteiger partial charge is 0.300 e. The van der Waals surface area contributed by atoms with Gasteiger partial charge >= 0.3 is 0 Å². The third-order valence-corrected chi connectivity index (χ3v) is 2.75. The van der Waals surface area contributed by atoms with E-state index in [1.165, 1.54) is 43.5 Å². The summed E-state index contributed by atoms with van der Waals surface area (Å²) in [5.74, 6) is -0.740. The molecule has 0 saturated heterocycles. The fourth-order valence-electron chi connectivity index (χ4n) is 1.82. The highest BCUT2D eigenvalue weighted by molar-refractivity contribution is 5.75. The minimum atomic E-state index is -0.460. The zero-order valence-electron chi connectivity index (χ0n) is 10.5. The summed E-state index contributed by atoms with van der Waals surface area (Å²) in [4.78, 5) is 4.09. The van der Waals surface area contributed by atoms with Gasteiger partial charge < -0.3 is 14.5 Å². The zero-order valence-corrected chi connectivity index (χ0v) is 10.5. The van der Waals surface area contributed by atoms with Gasteiger partial charge in [0.1, 0.15) is 11.3 Å². The lowest BCUT2D eigenvalue weighted by atomic mass is 10.3. The van der Waals surface area contributed by atoms with E-state index in [2.05, 4.69) is 10.3 Å². The molecule has 1 aromatic heterocycles. The number of rotatable bonds is 3. The largest absolute Gasteiger partial charge is 0.494 e. The van der Waals surface area contributed by atoms with Gasteiger partial charge in [-0.25, -0.2) is 8.78 Å². The molecular formula is C14H10F2N2O2. The SMILES string of the molecule is COc1cc(Nc2nc3cc(F)ccc3o2)ccc1F. The third-order valence-electron chi connectivity index (χ3n) is 2.75. The number of methoxy groups -OCH3 is 1. The first-order chi connectivity index (χ1) is 9.65. The third kappa shape index (κ3) is 2.27. The molecule has 0 radical (unpaired) electrons. The van der Waals surface area contributed by atoms with Crippen LogP contribution in [-0.4, -0.2) is 12.1 Å². The number of halogens is 2. The van der Waals surface area contributed by atoms with Gasteiger partial charge in [-0.15, -0.1) is 0 Å². The molecule has 2 aromatic carbocycles. The maximum atomic E-state index is 13.3. The number of benzene rings is 2. The topological polar surface area (TPSA) is 47.3 Å². The van der Waals surface area contributed by atoms with Crippen LogP contribution in [0, 0.1) is 11.6 Å². The Balaban J connectivity index is 1.92. The van der Waals surface area contributed by atoms with Crippen molar-refractivity contribution >= 4 is 22.8 Å². The summed E-state index contributed by atoms with van der Waals surface area (Å²) in [6, 6.07) is 8.52. The van der Waals surface area contributed by atoms with Gasteiger partial charge in [-0.05, 0) is 24.3 Å². The number of ether oxygens (including phenoxy) is 1. The first-order valence-corrected chi connectivity index (χ1v) is 5.82. The normalized spacial score (nSPS) is 10.8. The molecule has 0 fully saturated rings. The standard InChI is InChI=1S/C14H10F2N2O2/c1-19-13-7-9(3-4-10(13)16)17-14-18-11-6-8(15)2-5-12(11)20-14/h2-7H,1H3,(H,17,18). The number of fused-ring (bicyclic) bond motifs is 1. The molecule has 0 atom stereocenters. The van der Waals surface area contributed by atoms with E-state index in [4.69, 9.17) is 9.15 Å². The Labute approximate surface area is 113 Å². The molecule has 0 unspecified atom stereocenters. The van der Waals surface area contributed by atoms with Crippen molar-refractivity contribution in [3.63, 3.8) is 0 Å². The molecule has 0 aliphatic carbocycles. The van der Waals surface area contributed by atoms with Crippen LogP contribution >= 0.6 is 0 Å². The molecule has 1 N–H and O–H groups in total. The molecule has 0 bridgehead atoms. The summed E-state index contributed by atoms with van der Waals surface area (Å²) in [6.45, 7) is 0.